The molecular formula is C13H14OS. The molecule has 0 aliphatic heterocycles. The predicted octanol–water partition coefficient (Wildman–Crippen LogP) is 3.55. The summed E-state index contributed by atoms with van der Waals surface area (Å²) < 4.78 is 5.73. The monoisotopic (exact) mass is 218 g/mol. The van der Waals surface area contributed by atoms with Gasteiger partial charge in [-0.2, -0.15) is 0 Å². The minimum absolute atomic E-state index is 0.303. The second-order valence-corrected chi connectivity index (χ2v) is 4.17. The maximum atomic E-state index is 5.73. The van der Waals surface area contributed by atoms with Crippen LogP contribution in [0.5, 0.6) is 0 Å². The minimum Gasteiger partial charge on any atom is -0.493 e. The van der Waals surface area contributed by atoms with Crippen molar-refractivity contribution in [3.63, 3.8) is 0 Å². The van der Waals surface area contributed by atoms with Crippen molar-refractivity contribution < 1.29 is 4.74 Å². The van der Waals surface area contributed by atoms with Crippen LogP contribution >= 0.6 is 12.6 Å². The van der Waals surface area contributed by atoms with Gasteiger partial charge in [0.15, 0.2) is 0 Å². The normalized spacial score (nSPS) is 19.7. The van der Waals surface area contributed by atoms with E-state index in [1.54, 1.807) is 0 Å². The SMILES string of the molecule is CC1C(S)=CC=C1OCc1ccccc1. The standard InChI is InChI=1S/C13H14OS/c1-10-12(7-8-13(10)15)14-9-11-5-3-2-4-6-11/h2-8,10,15H,9H2,1H3. The highest BCUT2D eigenvalue weighted by atomic mass is 32.1. The Morgan fingerprint density at radius 2 is 1.93 bits per heavy atom. The average Bonchev–Trinajstić information content (AvgIpc) is 2.59. The second kappa shape index (κ2) is 4.58. The first-order chi connectivity index (χ1) is 7.27. The fourth-order valence-corrected chi connectivity index (χ4v) is 1.72. The molecule has 0 spiro atoms. The summed E-state index contributed by atoms with van der Waals surface area (Å²) >= 11 is 4.36. The molecule has 0 aromatic heterocycles. The van der Waals surface area contributed by atoms with Gasteiger partial charge in [0.05, 0.1) is 0 Å². The lowest BCUT2D eigenvalue weighted by molar-refractivity contribution is 0.179. The van der Waals surface area contributed by atoms with Crippen molar-refractivity contribution in [3.05, 3.63) is 58.7 Å². The summed E-state index contributed by atoms with van der Waals surface area (Å²) in [5.74, 6) is 1.31. The third kappa shape index (κ3) is 2.45. The zero-order valence-electron chi connectivity index (χ0n) is 8.68. The molecule has 0 saturated carbocycles. The first-order valence-corrected chi connectivity index (χ1v) is 5.49. The van der Waals surface area contributed by atoms with Crippen molar-refractivity contribution >= 4 is 12.6 Å². The Hall–Kier alpha value is -1.15. The number of thiol groups is 1. The van der Waals surface area contributed by atoms with Crippen molar-refractivity contribution in [2.45, 2.75) is 13.5 Å². The summed E-state index contributed by atoms with van der Waals surface area (Å²) in [6.45, 7) is 2.73. The molecule has 78 valence electrons. The number of hydrogen-bond acceptors (Lipinski definition) is 2. The van der Waals surface area contributed by atoms with E-state index in [1.807, 2.05) is 30.4 Å². The van der Waals surface area contributed by atoms with Crippen molar-refractivity contribution in [1.82, 2.24) is 0 Å². The largest absolute Gasteiger partial charge is 0.493 e. The van der Waals surface area contributed by atoms with Gasteiger partial charge in [-0.25, -0.2) is 0 Å². The van der Waals surface area contributed by atoms with Crippen molar-refractivity contribution in [2.24, 2.45) is 5.92 Å². The van der Waals surface area contributed by atoms with E-state index in [2.05, 4.69) is 31.7 Å². The van der Waals surface area contributed by atoms with Crippen LogP contribution < -0.4 is 0 Å². The first-order valence-electron chi connectivity index (χ1n) is 5.05. The highest BCUT2D eigenvalue weighted by Gasteiger charge is 2.16. The number of benzene rings is 1. The van der Waals surface area contributed by atoms with Crippen LogP contribution in [0, 0.1) is 5.92 Å². The molecule has 1 aromatic rings. The Labute approximate surface area is 95.9 Å². The first kappa shape index (κ1) is 10.4. The molecule has 0 radical (unpaired) electrons. The van der Waals surface area contributed by atoms with E-state index < -0.39 is 0 Å². The summed E-state index contributed by atoms with van der Waals surface area (Å²) in [4.78, 5) is 1.07. The minimum atomic E-state index is 0.303. The van der Waals surface area contributed by atoms with Crippen LogP contribution in [0.2, 0.25) is 0 Å². The van der Waals surface area contributed by atoms with Gasteiger partial charge < -0.3 is 4.74 Å². The van der Waals surface area contributed by atoms with E-state index in [0.29, 0.717) is 12.5 Å². The van der Waals surface area contributed by atoms with Crippen LogP contribution in [0.4, 0.5) is 0 Å². The summed E-state index contributed by atoms with van der Waals surface area (Å²) in [6, 6.07) is 10.2. The average molecular weight is 218 g/mol. The summed E-state index contributed by atoms with van der Waals surface area (Å²) in [7, 11) is 0. The van der Waals surface area contributed by atoms with E-state index in [9.17, 15) is 0 Å². The van der Waals surface area contributed by atoms with Gasteiger partial charge in [0.2, 0.25) is 0 Å². The number of ether oxygens (including phenoxy) is 1. The molecule has 2 rings (SSSR count). The fourth-order valence-electron chi connectivity index (χ4n) is 1.52. The molecule has 0 heterocycles. The molecule has 15 heavy (non-hydrogen) atoms. The van der Waals surface area contributed by atoms with Gasteiger partial charge in [-0.15, -0.1) is 12.6 Å². The Morgan fingerprint density at radius 3 is 2.53 bits per heavy atom. The lowest BCUT2D eigenvalue weighted by atomic mass is 10.2. The maximum absolute atomic E-state index is 5.73. The molecule has 0 N–H and O–H groups in total. The highest BCUT2D eigenvalue weighted by molar-refractivity contribution is 7.84. The third-order valence-corrected chi connectivity index (χ3v) is 3.07. The third-order valence-electron chi connectivity index (χ3n) is 2.54. The van der Waals surface area contributed by atoms with Crippen molar-refractivity contribution in [3.8, 4) is 0 Å². The number of allylic oxidation sites excluding steroid dienone is 3. The van der Waals surface area contributed by atoms with E-state index in [-0.39, 0.29) is 0 Å². The smallest absolute Gasteiger partial charge is 0.113 e. The van der Waals surface area contributed by atoms with Crippen LogP contribution in [-0.2, 0) is 11.3 Å². The fraction of sp³-hybridized carbons (Fsp3) is 0.231. The van der Waals surface area contributed by atoms with E-state index in [0.717, 1.165) is 10.7 Å². The lowest BCUT2D eigenvalue weighted by Crippen LogP contribution is -2.00. The van der Waals surface area contributed by atoms with E-state index in [4.69, 9.17) is 4.74 Å². The zero-order valence-corrected chi connectivity index (χ0v) is 9.58. The molecule has 0 amide bonds. The van der Waals surface area contributed by atoms with Crippen LogP contribution in [0.3, 0.4) is 0 Å². The molecule has 1 aliphatic carbocycles. The van der Waals surface area contributed by atoms with Gasteiger partial charge in [-0.1, -0.05) is 37.3 Å². The molecular weight excluding hydrogens is 204 g/mol. The van der Waals surface area contributed by atoms with Gasteiger partial charge >= 0.3 is 0 Å². The maximum Gasteiger partial charge on any atom is 0.113 e. The zero-order chi connectivity index (χ0) is 10.7. The second-order valence-electron chi connectivity index (χ2n) is 3.66. The van der Waals surface area contributed by atoms with Gasteiger partial charge in [0.25, 0.3) is 0 Å². The van der Waals surface area contributed by atoms with E-state index >= 15 is 0 Å². The Morgan fingerprint density at radius 1 is 1.20 bits per heavy atom. The lowest BCUT2D eigenvalue weighted by Gasteiger charge is -2.13. The van der Waals surface area contributed by atoms with Gasteiger partial charge in [-0.3, -0.25) is 0 Å². The Balaban J connectivity index is 1.91. The molecule has 1 unspecified atom stereocenters. The molecule has 1 aliphatic rings. The van der Waals surface area contributed by atoms with Crippen LogP contribution in [-0.4, -0.2) is 0 Å². The van der Waals surface area contributed by atoms with Crippen LogP contribution in [0.1, 0.15) is 12.5 Å². The van der Waals surface area contributed by atoms with Crippen molar-refractivity contribution in [2.75, 3.05) is 0 Å². The quantitative estimate of drug-likeness (QED) is 0.763. The van der Waals surface area contributed by atoms with Gasteiger partial charge in [-0.05, 0) is 22.6 Å². The van der Waals surface area contributed by atoms with Crippen LogP contribution in [0.25, 0.3) is 0 Å². The predicted molar refractivity (Wildman–Crippen MR) is 65.5 cm³/mol. The molecule has 0 fully saturated rings. The molecule has 1 aromatic carbocycles. The highest BCUT2D eigenvalue weighted by Crippen LogP contribution is 2.29. The summed E-state index contributed by atoms with van der Waals surface area (Å²) in [5.41, 5.74) is 1.19. The van der Waals surface area contributed by atoms with Gasteiger partial charge in [0, 0.05) is 5.92 Å². The number of rotatable bonds is 3. The summed E-state index contributed by atoms with van der Waals surface area (Å²) in [5, 5.41) is 0. The topological polar surface area (TPSA) is 9.23 Å². The van der Waals surface area contributed by atoms with Crippen LogP contribution in [0.15, 0.2) is 53.1 Å². The van der Waals surface area contributed by atoms with Gasteiger partial charge in [0.1, 0.15) is 12.4 Å². The molecule has 2 heteroatoms. The Bertz CT molecular complexity index is 392. The number of hydrogen-bond donors (Lipinski definition) is 1. The summed E-state index contributed by atoms with van der Waals surface area (Å²) in [6.07, 6.45) is 3.99. The Kier molecular flexibility index (Phi) is 3.17. The van der Waals surface area contributed by atoms with E-state index in [1.165, 1.54) is 5.56 Å². The molecule has 1 atom stereocenters. The molecule has 0 saturated heterocycles. The molecule has 0 bridgehead atoms. The molecule has 1 nitrogen and oxygen atoms in total. The van der Waals surface area contributed by atoms with Crippen molar-refractivity contribution in [1.29, 1.82) is 0 Å².